The van der Waals surface area contributed by atoms with E-state index in [1.807, 2.05) is 12.1 Å². The highest BCUT2D eigenvalue weighted by Crippen LogP contribution is 2.36. The van der Waals surface area contributed by atoms with Crippen LogP contribution in [0.5, 0.6) is 0 Å². The van der Waals surface area contributed by atoms with Gasteiger partial charge in [0.05, 0.1) is 4.70 Å². The number of benzene rings is 1. The van der Waals surface area contributed by atoms with Gasteiger partial charge in [0.25, 0.3) is 0 Å². The Morgan fingerprint density at radius 2 is 2.25 bits per heavy atom. The predicted molar refractivity (Wildman–Crippen MR) is 59.3 cm³/mol. The van der Waals surface area contributed by atoms with Gasteiger partial charge in [0.1, 0.15) is 0 Å². The van der Waals surface area contributed by atoms with Crippen molar-refractivity contribution in [2.24, 2.45) is 0 Å². The summed E-state index contributed by atoms with van der Waals surface area (Å²) in [6, 6.07) is 4.03. The van der Waals surface area contributed by atoms with Gasteiger partial charge in [-0.2, -0.15) is 0 Å². The molecule has 0 amide bonds. The molecule has 0 fully saturated rings. The summed E-state index contributed by atoms with van der Waals surface area (Å²) >= 11 is 11.3. The highest BCUT2D eigenvalue weighted by molar-refractivity contribution is 9.10. The van der Waals surface area contributed by atoms with Crippen LogP contribution in [0.2, 0.25) is 5.02 Å². The summed E-state index contributed by atoms with van der Waals surface area (Å²) in [7, 11) is 0. The number of hydrogen-bond donors (Lipinski definition) is 0. The van der Waals surface area contributed by atoms with Gasteiger partial charge >= 0.3 is 0 Å². The lowest BCUT2D eigenvalue weighted by Crippen LogP contribution is -1.76. The second kappa shape index (κ2) is 3.02. The van der Waals surface area contributed by atoms with Gasteiger partial charge in [0.15, 0.2) is 0 Å². The van der Waals surface area contributed by atoms with E-state index in [2.05, 4.69) is 28.2 Å². The molecule has 12 heavy (non-hydrogen) atoms. The first-order chi connectivity index (χ1) is 5.70. The molecule has 2 rings (SSSR count). The van der Waals surface area contributed by atoms with E-state index in [1.165, 1.54) is 10.3 Å². The molecule has 2 aromatic rings. The van der Waals surface area contributed by atoms with Crippen molar-refractivity contribution < 1.29 is 0 Å². The molecule has 1 aromatic carbocycles. The first kappa shape index (κ1) is 8.54. The van der Waals surface area contributed by atoms with E-state index < -0.39 is 0 Å². The summed E-state index contributed by atoms with van der Waals surface area (Å²) in [5.74, 6) is 0. The van der Waals surface area contributed by atoms with Crippen LogP contribution in [0, 0.1) is 6.92 Å². The maximum absolute atomic E-state index is 6.06. The zero-order chi connectivity index (χ0) is 8.72. The van der Waals surface area contributed by atoms with Crippen LogP contribution in [0.25, 0.3) is 10.1 Å². The monoisotopic (exact) mass is 260 g/mol. The normalized spacial score (nSPS) is 10.9. The van der Waals surface area contributed by atoms with E-state index in [0.29, 0.717) is 0 Å². The molecule has 0 radical (unpaired) electrons. The van der Waals surface area contributed by atoms with E-state index in [4.69, 9.17) is 11.6 Å². The van der Waals surface area contributed by atoms with E-state index in [1.54, 1.807) is 11.3 Å². The largest absolute Gasteiger partial charge is 0.143 e. The summed E-state index contributed by atoms with van der Waals surface area (Å²) in [5, 5.41) is 4.03. The minimum atomic E-state index is 0.840. The van der Waals surface area contributed by atoms with E-state index >= 15 is 0 Å². The van der Waals surface area contributed by atoms with Gasteiger partial charge in [-0.25, -0.2) is 0 Å². The van der Waals surface area contributed by atoms with Crippen LogP contribution >= 0.6 is 38.9 Å². The second-order valence-corrected chi connectivity index (χ2v) is 4.77. The molecule has 0 aliphatic carbocycles. The van der Waals surface area contributed by atoms with Crippen LogP contribution in [0.3, 0.4) is 0 Å². The zero-order valence-electron chi connectivity index (χ0n) is 6.40. The maximum Gasteiger partial charge on any atom is 0.0502 e. The zero-order valence-corrected chi connectivity index (χ0v) is 9.55. The van der Waals surface area contributed by atoms with Gasteiger partial charge in [-0.1, -0.05) is 11.6 Å². The molecule has 62 valence electrons. The molecule has 1 heterocycles. The Kier molecular flexibility index (Phi) is 2.15. The Balaban J connectivity index is 2.97. The standard InChI is InChI=1S/C9H6BrClS/c1-5-4-7(11)6-2-3-12-9(6)8(5)10/h2-4H,1H3. The summed E-state index contributed by atoms with van der Waals surface area (Å²) < 4.78 is 2.40. The lowest BCUT2D eigenvalue weighted by atomic mass is 10.2. The van der Waals surface area contributed by atoms with E-state index in [9.17, 15) is 0 Å². The van der Waals surface area contributed by atoms with Gasteiger partial charge < -0.3 is 0 Å². The molecule has 0 N–H and O–H groups in total. The van der Waals surface area contributed by atoms with Crippen molar-refractivity contribution in [2.75, 3.05) is 0 Å². The fourth-order valence-corrected chi connectivity index (χ4v) is 3.07. The molecule has 0 aliphatic heterocycles. The Labute approximate surface area is 88.3 Å². The van der Waals surface area contributed by atoms with Crippen molar-refractivity contribution in [3.63, 3.8) is 0 Å². The van der Waals surface area contributed by atoms with Gasteiger partial charge in [-0.15, -0.1) is 11.3 Å². The number of halogens is 2. The van der Waals surface area contributed by atoms with E-state index in [-0.39, 0.29) is 0 Å². The fraction of sp³-hybridized carbons (Fsp3) is 0.111. The molecule has 1 aromatic heterocycles. The average molecular weight is 262 g/mol. The third kappa shape index (κ3) is 1.18. The van der Waals surface area contributed by atoms with Crippen LogP contribution in [-0.4, -0.2) is 0 Å². The van der Waals surface area contributed by atoms with Crippen LogP contribution in [-0.2, 0) is 0 Å². The molecule has 0 unspecified atom stereocenters. The summed E-state index contributed by atoms with van der Waals surface area (Å²) in [5.41, 5.74) is 1.19. The van der Waals surface area contributed by atoms with Crippen LogP contribution < -0.4 is 0 Å². The molecule has 3 heteroatoms. The van der Waals surface area contributed by atoms with Gasteiger partial charge in [0, 0.05) is 14.9 Å². The minimum absolute atomic E-state index is 0.840. The summed E-state index contributed by atoms with van der Waals surface area (Å²) in [4.78, 5) is 0. The van der Waals surface area contributed by atoms with Gasteiger partial charge in [0.2, 0.25) is 0 Å². The van der Waals surface area contributed by atoms with Crippen LogP contribution in [0.4, 0.5) is 0 Å². The van der Waals surface area contributed by atoms with Crippen molar-refractivity contribution >= 4 is 49.0 Å². The molecule has 0 nitrogen and oxygen atoms in total. The molecule has 0 aliphatic rings. The number of aryl methyl sites for hydroxylation is 1. The molecule has 0 saturated heterocycles. The smallest absolute Gasteiger partial charge is 0.0502 e. The third-order valence-electron chi connectivity index (χ3n) is 1.81. The second-order valence-electron chi connectivity index (χ2n) is 2.65. The third-order valence-corrected chi connectivity index (χ3v) is 4.34. The van der Waals surface area contributed by atoms with Crippen molar-refractivity contribution in [3.05, 3.63) is 32.6 Å². The number of fused-ring (bicyclic) bond motifs is 1. The van der Waals surface area contributed by atoms with Crippen LogP contribution in [0.1, 0.15) is 5.56 Å². The molecule has 0 bridgehead atoms. The lowest BCUT2D eigenvalue weighted by Gasteiger charge is -2.00. The molecule has 0 spiro atoms. The number of hydrogen-bond acceptors (Lipinski definition) is 1. The van der Waals surface area contributed by atoms with Crippen LogP contribution in [0.15, 0.2) is 22.0 Å². The fourth-order valence-electron chi connectivity index (χ4n) is 1.18. The Morgan fingerprint density at radius 3 is 3.00 bits per heavy atom. The predicted octanol–water partition coefficient (Wildman–Crippen LogP) is 4.63. The van der Waals surface area contributed by atoms with Crippen molar-refractivity contribution in [1.82, 2.24) is 0 Å². The molecule has 0 atom stereocenters. The Hall–Kier alpha value is -0.0500. The number of thiophene rings is 1. The van der Waals surface area contributed by atoms with Gasteiger partial charge in [-0.3, -0.25) is 0 Å². The van der Waals surface area contributed by atoms with Crippen molar-refractivity contribution in [3.8, 4) is 0 Å². The quantitative estimate of drug-likeness (QED) is 0.649. The SMILES string of the molecule is Cc1cc(Cl)c2ccsc2c1Br. The maximum atomic E-state index is 6.06. The minimum Gasteiger partial charge on any atom is -0.143 e. The highest BCUT2D eigenvalue weighted by atomic mass is 79.9. The summed E-state index contributed by atoms with van der Waals surface area (Å²) in [6.45, 7) is 2.05. The Bertz CT molecular complexity index is 433. The molecule has 0 saturated carbocycles. The molecular formula is C9H6BrClS. The Morgan fingerprint density at radius 1 is 1.50 bits per heavy atom. The topological polar surface area (TPSA) is 0 Å². The first-order valence-corrected chi connectivity index (χ1v) is 5.57. The highest BCUT2D eigenvalue weighted by Gasteiger charge is 2.06. The summed E-state index contributed by atoms with van der Waals surface area (Å²) in [6.07, 6.45) is 0. The van der Waals surface area contributed by atoms with Crippen molar-refractivity contribution in [2.45, 2.75) is 6.92 Å². The van der Waals surface area contributed by atoms with Crippen molar-refractivity contribution in [1.29, 1.82) is 0 Å². The average Bonchev–Trinajstić information content (AvgIpc) is 2.48. The number of rotatable bonds is 0. The molecular weight excluding hydrogens is 256 g/mol. The van der Waals surface area contributed by atoms with Gasteiger partial charge in [-0.05, 0) is 45.9 Å². The lowest BCUT2D eigenvalue weighted by molar-refractivity contribution is 1.48. The first-order valence-electron chi connectivity index (χ1n) is 3.52. The van der Waals surface area contributed by atoms with E-state index in [0.717, 1.165) is 14.9 Å².